The second-order valence-electron chi connectivity index (χ2n) is 4.93. The van der Waals surface area contributed by atoms with Crippen LogP contribution in [0.4, 0.5) is 0 Å². The molecule has 2 aromatic rings. The van der Waals surface area contributed by atoms with Gasteiger partial charge >= 0.3 is 0 Å². The molecular weight excluding hydrogens is 200 g/mol. The maximum atomic E-state index is 3.19. The molecule has 0 radical (unpaired) electrons. The second kappa shape index (κ2) is 2.97. The van der Waals surface area contributed by atoms with Gasteiger partial charge in [-0.1, -0.05) is 6.07 Å². The lowest BCUT2D eigenvalue weighted by Crippen LogP contribution is -2.22. The van der Waals surface area contributed by atoms with Gasteiger partial charge in [0.15, 0.2) is 0 Å². The summed E-state index contributed by atoms with van der Waals surface area (Å²) in [5.41, 5.74) is 5.75. The lowest BCUT2D eigenvalue weighted by Gasteiger charge is -2.32. The largest absolute Gasteiger partial charge is 0.284 e. The van der Waals surface area contributed by atoms with Gasteiger partial charge in [0.25, 0.3) is 0 Å². The van der Waals surface area contributed by atoms with Crippen LogP contribution in [-0.4, -0.2) is 20.2 Å². The Kier molecular flexibility index (Phi) is 1.59. The molecule has 4 nitrogen and oxygen atoms in total. The molecule has 2 heterocycles. The van der Waals surface area contributed by atoms with Crippen molar-refractivity contribution in [2.75, 3.05) is 0 Å². The fourth-order valence-electron chi connectivity index (χ4n) is 3.36. The molecule has 4 heteroatoms. The van der Waals surface area contributed by atoms with Gasteiger partial charge in [-0.3, -0.25) is 9.78 Å². The molecule has 3 N–H and O–H groups in total. The highest BCUT2D eigenvalue weighted by Gasteiger charge is 2.27. The van der Waals surface area contributed by atoms with Crippen LogP contribution in [0.2, 0.25) is 0 Å². The third kappa shape index (κ3) is 0.991. The number of hydrogen-bond donors (Lipinski definition) is 3. The van der Waals surface area contributed by atoms with Crippen LogP contribution < -0.4 is 0 Å². The Morgan fingerprint density at radius 1 is 1.25 bits per heavy atom. The van der Waals surface area contributed by atoms with E-state index in [1.54, 1.807) is 11.1 Å². The Balaban J connectivity index is 2.17. The van der Waals surface area contributed by atoms with Crippen molar-refractivity contribution in [2.45, 2.75) is 38.1 Å². The van der Waals surface area contributed by atoms with E-state index in [4.69, 9.17) is 0 Å². The molecule has 1 atom stereocenters. The molecule has 2 aliphatic rings. The van der Waals surface area contributed by atoms with Gasteiger partial charge in [-0.05, 0) is 48.8 Å². The van der Waals surface area contributed by atoms with Crippen molar-refractivity contribution in [3.05, 3.63) is 23.3 Å². The molecule has 1 unspecified atom stereocenters. The van der Waals surface area contributed by atoms with Crippen LogP contribution in [0.1, 0.15) is 36.3 Å². The Morgan fingerprint density at radius 3 is 3.25 bits per heavy atom. The number of nitrogens with one attached hydrogen (secondary N) is 3. The first kappa shape index (κ1) is 8.56. The zero-order chi connectivity index (χ0) is 10.5. The summed E-state index contributed by atoms with van der Waals surface area (Å²) >= 11 is 0. The first-order valence-corrected chi connectivity index (χ1v) is 6.13. The number of benzene rings is 1. The first-order chi connectivity index (χ1) is 7.93. The van der Waals surface area contributed by atoms with Crippen molar-refractivity contribution in [3.8, 4) is 0 Å². The highest BCUT2D eigenvalue weighted by molar-refractivity contribution is 5.80. The monoisotopic (exact) mass is 216 g/mol. The average Bonchev–Trinajstić information content (AvgIpc) is 2.36. The van der Waals surface area contributed by atoms with Gasteiger partial charge in [-0.2, -0.15) is 0 Å². The van der Waals surface area contributed by atoms with Gasteiger partial charge in [0.1, 0.15) is 0 Å². The summed E-state index contributed by atoms with van der Waals surface area (Å²) in [6.07, 6.45) is 5.25. The summed E-state index contributed by atoms with van der Waals surface area (Å²) in [4.78, 5) is 0. The Bertz CT molecular complexity index is 578. The molecule has 1 aromatic carbocycles. The topological polar surface area (TPSA) is 52.3 Å². The summed E-state index contributed by atoms with van der Waals surface area (Å²) in [7, 11) is 0. The van der Waals surface area contributed by atoms with E-state index >= 15 is 0 Å². The molecular formula is C12H16N4. The van der Waals surface area contributed by atoms with Crippen LogP contribution in [-0.2, 0) is 13.0 Å². The maximum absolute atomic E-state index is 3.19. The van der Waals surface area contributed by atoms with Crippen LogP contribution >= 0.6 is 0 Å². The summed E-state index contributed by atoms with van der Waals surface area (Å²) in [6, 6.07) is 4.49. The number of aromatic amines is 3. The van der Waals surface area contributed by atoms with Crippen molar-refractivity contribution >= 4 is 11.0 Å². The van der Waals surface area contributed by atoms with E-state index < -0.39 is 0 Å². The summed E-state index contributed by atoms with van der Waals surface area (Å²) in [5, 5.41) is 9.38. The zero-order valence-electron chi connectivity index (χ0n) is 9.21. The number of H-pyrrole nitrogens is 3. The molecule has 1 aliphatic carbocycles. The lowest BCUT2D eigenvalue weighted by molar-refractivity contribution is 0.429. The summed E-state index contributed by atoms with van der Waals surface area (Å²) in [5.74, 6) is 0.789. The average molecular weight is 216 g/mol. The van der Waals surface area contributed by atoms with Crippen LogP contribution in [0.5, 0.6) is 0 Å². The smallest absolute Gasteiger partial charge is 0.0874 e. The van der Waals surface area contributed by atoms with Crippen LogP contribution in [0, 0.1) is 0 Å². The second-order valence-corrected chi connectivity index (χ2v) is 4.93. The number of aryl methyl sites for hydroxylation is 2. The quantitative estimate of drug-likeness (QED) is 0.606. The van der Waals surface area contributed by atoms with Gasteiger partial charge in [-0.25, -0.2) is 10.4 Å². The maximum Gasteiger partial charge on any atom is 0.0874 e. The van der Waals surface area contributed by atoms with E-state index in [1.807, 2.05) is 0 Å². The predicted molar refractivity (Wildman–Crippen MR) is 62.9 cm³/mol. The van der Waals surface area contributed by atoms with E-state index in [-0.39, 0.29) is 0 Å². The molecule has 0 bridgehead atoms. The number of hydrogen-bond acceptors (Lipinski definition) is 0. The van der Waals surface area contributed by atoms with Gasteiger partial charge in [0, 0.05) is 6.54 Å². The molecule has 0 saturated carbocycles. The van der Waals surface area contributed by atoms with E-state index in [1.165, 1.54) is 36.7 Å². The summed E-state index contributed by atoms with van der Waals surface area (Å²) in [6.45, 7) is 1.10. The van der Waals surface area contributed by atoms with Gasteiger partial charge in [0.05, 0.1) is 11.0 Å². The van der Waals surface area contributed by atoms with Crippen LogP contribution in [0.3, 0.4) is 0 Å². The Morgan fingerprint density at radius 2 is 2.25 bits per heavy atom. The molecule has 84 valence electrons. The highest BCUT2D eigenvalue weighted by Crippen LogP contribution is 2.40. The van der Waals surface area contributed by atoms with Gasteiger partial charge in [-0.15, -0.1) is 0 Å². The van der Waals surface area contributed by atoms with Crippen LogP contribution in [0.15, 0.2) is 12.1 Å². The van der Waals surface area contributed by atoms with Crippen molar-refractivity contribution in [2.24, 2.45) is 0 Å². The standard InChI is InChI=1S/C12H16N4/c1-2-8-4-5-10-12-11(8)9(3-1)6-7-16(12)15-14-13-10/h4-5,9,13-15H,1-3,6-7H2. The van der Waals surface area contributed by atoms with Crippen molar-refractivity contribution < 1.29 is 0 Å². The van der Waals surface area contributed by atoms with Gasteiger partial charge < -0.3 is 0 Å². The Hall–Kier alpha value is -1.58. The van der Waals surface area contributed by atoms with Crippen molar-refractivity contribution in [3.63, 3.8) is 0 Å². The molecule has 0 fully saturated rings. The van der Waals surface area contributed by atoms with E-state index in [9.17, 15) is 0 Å². The molecule has 0 amide bonds. The lowest BCUT2D eigenvalue weighted by atomic mass is 9.79. The summed E-state index contributed by atoms with van der Waals surface area (Å²) < 4.78 is 2.24. The van der Waals surface area contributed by atoms with E-state index in [0.717, 1.165) is 12.5 Å². The number of aromatic nitrogens is 4. The minimum absolute atomic E-state index is 0.789. The predicted octanol–water partition coefficient (Wildman–Crippen LogP) is 2.57. The zero-order valence-corrected chi connectivity index (χ0v) is 9.21. The molecule has 16 heavy (non-hydrogen) atoms. The molecule has 1 aliphatic heterocycles. The third-order valence-electron chi connectivity index (χ3n) is 4.07. The number of nitrogens with zero attached hydrogens (tertiary/aromatic N) is 1. The molecule has 0 spiro atoms. The third-order valence-corrected chi connectivity index (χ3v) is 4.07. The van der Waals surface area contributed by atoms with Gasteiger partial charge in [0.2, 0.25) is 0 Å². The highest BCUT2D eigenvalue weighted by atomic mass is 15.5. The molecule has 1 aromatic heterocycles. The van der Waals surface area contributed by atoms with Crippen molar-refractivity contribution in [1.82, 2.24) is 20.2 Å². The normalized spacial score (nSPS) is 22.4. The van der Waals surface area contributed by atoms with Crippen LogP contribution in [0.25, 0.3) is 11.0 Å². The minimum atomic E-state index is 0.789. The molecule has 4 rings (SSSR count). The minimum Gasteiger partial charge on any atom is -0.284 e. The van der Waals surface area contributed by atoms with Crippen molar-refractivity contribution in [1.29, 1.82) is 0 Å². The molecule has 0 saturated heterocycles. The van der Waals surface area contributed by atoms with E-state index in [2.05, 4.69) is 32.3 Å². The number of rotatable bonds is 0. The SMILES string of the molecule is c1cc2[nH][nH][nH]n3c2c2c1CCCC2CC3. The van der Waals surface area contributed by atoms with E-state index in [0.29, 0.717) is 0 Å². The fraction of sp³-hybridized carbons (Fsp3) is 0.500. The first-order valence-electron chi connectivity index (χ1n) is 6.13. The fourth-order valence-corrected chi connectivity index (χ4v) is 3.36. The Labute approximate surface area is 93.3 Å².